The van der Waals surface area contributed by atoms with Crippen LogP contribution in [-0.2, 0) is 0 Å². The van der Waals surface area contributed by atoms with Crippen molar-refractivity contribution < 1.29 is 9.53 Å². The number of hydrogen-bond acceptors (Lipinski definition) is 5. The maximum Gasteiger partial charge on any atom is 0.252 e. The fourth-order valence-corrected chi connectivity index (χ4v) is 8.06. The zero-order valence-corrected chi connectivity index (χ0v) is 24.1. The molecule has 42 heavy (non-hydrogen) atoms. The molecule has 4 heterocycles. The Labute approximate surface area is 247 Å². The number of piperidine rings is 1. The van der Waals surface area contributed by atoms with Crippen LogP contribution in [0.1, 0.15) is 84.8 Å². The third-order valence-corrected chi connectivity index (χ3v) is 10.5. The lowest BCUT2D eigenvalue weighted by molar-refractivity contribution is -0.0227. The van der Waals surface area contributed by atoms with E-state index in [2.05, 4.69) is 44.0 Å². The number of benzene rings is 2. The van der Waals surface area contributed by atoms with Crippen molar-refractivity contribution in [1.82, 2.24) is 14.9 Å². The van der Waals surface area contributed by atoms with Crippen LogP contribution >= 0.6 is 0 Å². The van der Waals surface area contributed by atoms with Crippen molar-refractivity contribution >= 4 is 22.6 Å². The first-order valence-electron chi connectivity index (χ1n) is 15.7. The number of nitrogens with two attached hydrogens (primary N) is 1. The molecule has 0 unspecified atom stereocenters. The first-order chi connectivity index (χ1) is 20.6. The molecule has 2 aromatic carbocycles. The van der Waals surface area contributed by atoms with Gasteiger partial charge in [0.05, 0.1) is 11.8 Å². The molecule has 2 saturated heterocycles. The summed E-state index contributed by atoms with van der Waals surface area (Å²) >= 11 is 0. The summed E-state index contributed by atoms with van der Waals surface area (Å²) < 4.78 is 6.19. The molecule has 2 saturated carbocycles. The van der Waals surface area contributed by atoms with Gasteiger partial charge in [0.1, 0.15) is 17.1 Å². The molecule has 8 rings (SSSR count). The maximum absolute atomic E-state index is 12.2. The number of primary amides is 1. The summed E-state index contributed by atoms with van der Waals surface area (Å²) in [5.41, 5.74) is 11.7. The number of aromatic amines is 1. The molecule has 0 radical (unpaired) electrons. The molecule has 2 aliphatic heterocycles. The van der Waals surface area contributed by atoms with Crippen LogP contribution in [0.25, 0.3) is 11.0 Å². The first kappa shape index (κ1) is 25.8. The Bertz CT molecular complexity index is 1630. The number of nitrogens with one attached hydrogen (secondary N) is 1. The van der Waals surface area contributed by atoms with E-state index < -0.39 is 5.91 Å². The number of anilines is 1. The largest absolute Gasteiger partial charge is 0.455 e. The van der Waals surface area contributed by atoms with Gasteiger partial charge >= 0.3 is 0 Å². The highest BCUT2D eigenvalue weighted by Crippen LogP contribution is 2.55. The molecule has 1 amide bonds. The van der Waals surface area contributed by atoms with E-state index in [1.54, 1.807) is 23.4 Å². The van der Waals surface area contributed by atoms with E-state index in [0.717, 1.165) is 41.8 Å². The van der Waals surface area contributed by atoms with Gasteiger partial charge in [-0.05, 0) is 105 Å². The lowest BCUT2D eigenvalue weighted by Gasteiger charge is -2.56. The zero-order valence-electron chi connectivity index (χ0n) is 24.1. The Morgan fingerprint density at radius 3 is 2.57 bits per heavy atom. The van der Waals surface area contributed by atoms with E-state index in [-0.39, 0.29) is 0 Å². The van der Waals surface area contributed by atoms with Gasteiger partial charge in [-0.15, -0.1) is 0 Å². The number of ether oxygens (including phenoxy) is 1. The van der Waals surface area contributed by atoms with E-state index >= 15 is 0 Å². The first-order valence-corrected chi connectivity index (χ1v) is 15.7. The predicted octanol–water partition coefficient (Wildman–Crippen LogP) is 6.92. The van der Waals surface area contributed by atoms with Crippen molar-refractivity contribution in [1.29, 1.82) is 0 Å². The summed E-state index contributed by atoms with van der Waals surface area (Å²) in [6, 6.07) is 20.3. The van der Waals surface area contributed by atoms with Crippen LogP contribution in [-0.4, -0.2) is 46.5 Å². The van der Waals surface area contributed by atoms with E-state index in [1.165, 1.54) is 57.9 Å². The van der Waals surface area contributed by atoms with Crippen molar-refractivity contribution in [2.45, 2.75) is 69.4 Å². The number of rotatable bonds is 7. The predicted molar refractivity (Wildman–Crippen MR) is 165 cm³/mol. The number of pyridine rings is 1. The second-order valence-electron chi connectivity index (χ2n) is 13.1. The second kappa shape index (κ2) is 10.2. The molecular formula is C35H39N5O2. The quantitative estimate of drug-likeness (QED) is 0.256. The Balaban J connectivity index is 0.936. The Morgan fingerprint density at radius 1 is 0.976 bits per heavy atom. The average Bonchev–Trinajstić information content (AvgIpc) is 3.54. The molecule has 1 spiro atoms. The molecule has 1 atom stereocenters. The summed E-state index contributed by atoms with van der Waals surface area (Å²) in [4.78, 5) is 25.0. The second-order valence-corrected chi connectivity index (χ2v) is 13.1. The number of H-pyrrole nitrogens is 1. The Hall–Kier alpha value is -3.84. The van der Waals surface area contributed by atoms with Gasteiger partial charge < -0.3 is 20.4 Å². The van der Waals surface area contributed by atoms with Crippen molar-refractivity contribution in [3.63, 3.8) is 0 Å². The van der Waals surface area contributed by atoms with Gasteiger partial charge in [0, 0.05) is 48.5 Å². The number of fused-ring (bicyclic) bond motifs is 1. The highest BCUT2D eigenvalue weighted by atomic mass is 16.5. The van der Waals surface area contributed by atoms with E-state index in [0.29, 0.717) is 28.5 Å². The molecular weight excluding hydrogens is 522 g/mol. The smallest absolute Gasteiger partial charge is 0.252 e. The third kappa shape index (κ3) is 4.64. The van der Waals surface area contributed by atoms with Crippen LogP contribution in [0, 0.1) is 5.41 Å². The monoisotopic (exact) mass is 561 g/mol. The number of amides is 1. The molecule has 3 N–H and O–H groups in total. The summed E-state index contributed by atoms with van der Waals surface area (Å²) in [7, 11) is 0. The normalized spacial score (nSPS) is 22.5. The van der Waals surface area contributed by atoms with Crippen molar-refractivity contribution in [3.8, 4) is 11.5 Å². The van der Waals surface area contributed by atoms with Crippen LogP contribution in [0.15, 0.2) is 67.0 Å². The number of carbonyl (C=O) groups excluding carboxylic acids is 1. The molecule has 7 heteroatoms. The van der Waals surface area contributed by atoms with Crippen molar-refractivity contribution in [3.05, 3.63) is 83.7 Å². The third-order valence-electron chi connectivity index (χ3n) is 10.5. The van der Waals surface area contributed by atoms with E-state index in [1.807, 2.05) is 30.5 Å². The number of nitrogens with zero attached hydrogens (tertiary/aromatic N) is 3. The average molecular weight is 562 g/mol. The number of hydrogen-bond donors (Lipinski definition) is 2. The van der Waals surface area contributed by atoms with Gasteiger partial charge in [-0.25, -0.2) is 4.98 Å². The summed E-state index contributed by atoms with van der Waals surface area (Å²) in [6.45, 7) is 3.29. The fourth-order valence-electron chi connectivity index (χ4n) is 8.06. The number of likely N-dealkylation sites (tertiary alicyclic amines) is 1. The Morgan fingerprint density at radius 2 is 1.79 bits per heavy atom. The van der Waals surface area contributed by atoms with Crippen LogP contribution in [0.2, 0.25) is 0 Å². The minimum Gasteiger partial charge on any atom is -0.455 e. The summed E-state index contributed by atoms with van der Waals surface area (Å²) in [6.07, 6.45) is 14.0. The van der Waals surface area contributed by atoms with Gasteiger partial charge in [0.2, 0.25) is 0 Å². The topological polar surface area (TPSA) is 87.5 Å². The highest BCUT2D eigenvalue weighted by molar-refractivity contribution is 5.96. The summed E-state index contributed by atoms with van der Waals surface area (Å²) in [5.74, 6) is 1.38. The van der Waals surface area contributed by atoms with Gasteiger partial charge in [0.25, 0.3) is 5.91 Å². The molecule has 2 aromatic heterocycles. The fraction of sp³-hybridized carbons (Fsp3) is 0.429. The number of aromatic nitrogens is 2. The van der Waals surface area contributed by atoms with Crippen LogP contribution in [0.5, 0.6) is 11.5 Å². The molecule has 4 aromatic rings. The number of carbonyl (C=O) groups is 1. The minimum atomic E-state index is -0.495. The SMILES string of the molecule is NC(=O)c1ccc(N2CCC3(CC2)CC(N2CCC[C@H]2c2ccccc2C2CC2)C3)cc1Oc1cnc2[nH]ccc2c1. The molecule has 216 valence electrons. The minimum absolute atomic E-state index is 0.381. The Kier molecular flexibility index (Phi) is 6.25. The molecule has 7 nitrogen and oxygen atoms in total. The highest BCUT2D eigenvalue weighted by Gasteiger charge is 2.50. The van der Waals surface area contributed by atoms with Crippen molar-refractivity contribution in [2.75, 3.05) is 24.5 Å². The lowest BCUT2D eigenvalue weighted by atomic mass is 9.59. The van der Waals surface area contributed by atoms with E-state index in [9.17, 15) is 4.79 Å². The van der Waals surface area contributed by atoms with Gasteiger partial charge in [0.15, 0.2) is 0 Å². The molecule has 0 bridgehead atoms. The van der Waals surface area contributed by atoms with Crippen LogP contribution in [0.4, 0.5) is 5.69 Å². The summed E-state index contributed by atoms with van der Waals surface area (Å²) in [5, 5.41) is 0.955. The van der Waals surface area contributed by atoms with Gasteiger partial charge in [-0.2, -0.15) is 0 Å². The standard InChI is InChI=1S/C35H39N5O2/c36-33(41)30-10-9-25(19-32(30)42-27-18-24-11-14-37-34(24)38-22-27)39-16-12-35(13-17-39)20-26(21-35)40-15-3-6-31(40)29-5-2-1-4-28(29)23-7-8-23/h1-2,4-5,9-11,14,18-19,22-23,26,31H,3,6-8,12-13,15-17,20-21H2,(H2,36,41)(H,37,38)/t31-/m0/s1. The van der Waals surface area contributed by atoms with Crippen molar-refractivity contribution in [2.24, 2.45) is 11.1 Å². The van der Waals surface area contributed by atoms with Crippen LogP contribution < -0.4 is 15.4 Å². The zero-order chi connectivity index (χ0) is 28.3. The lowest BCUT2D eigenvalue weighted by Crippen LogP contribution is -2.54. The van der Waals surface area contributed by atoms with E-state index in [4.69, 9.17) is 10.5 Å². The van der Waals surface area contributed by atoms with Crippen LogP contribution in [0.3, 0.4) is 0 Å². The van der Waals surface area contributed by atoms with Gasteiger partial charge in [-0.1, -0.05) is 24.3 Å². The molecule has 4 fully saturated rings. The van der Waals surface area contributed by atoms with Gasteiger partial charge in [-0.3, -0.25) is 9.69 Å². The molecule has 4 aliphatic rings. The molecule has 2 aliphatic carbocycles. The maximum atomic E-state index is 12.2.